The van der Waals surface area contributed by atoms with Gasteiger partial charge < -0.3 is 10.2 Å². The van der Waals surface area contributed by atoms with Gasteiger partial charge in [0.25, 0.3) is 0 Å². The third-order valence-electron chi connectivity index (χ3n) is 3.31. The molecule has 0 radical (unpaired) electrons. The van der Waals surface area contributed by atoms with Crippen LogP contribution in [0.1, 0.15) is 10.4 Å². The van der Waals surface area contributed by atoms with Crippen LogP contribution in [0.3, 0.4) is 0 Å². The Balaban J connectivity index is 1.52. The van der Waals surface area contributed by atoms with Crippen LogP contribution in [0, 0.1) is 0 Å². The van der Waals surface area contributed by atoms with Gasteiger partial charge in [-0.25, -0.2) is 14.5 Å². The highest BCUT2D eigenvalue weighted by Gasteiger charge is 2.09. The lowest BCUT2D eigenvalue weighted by atomic mass is 10.3. The van der Waals surface area contributed by atoms with E-state index >= 15 is 0 Å². The Hall–Kier alpha value is -2.67. The van der Waals surface area contributed by atoms with E-state index in [9.17, 15) is 4.79 Å². The number of carbonyl (C=O) groups is 1. The van der Waals surface area contributed by atoms with Crippen molar-refractivity contribution in [3.8, 4) is 5.82 Å². The summed E-state index contributed by atoms with van der Waals surface area (Å²) >= 11 is 1.64. The van der Waals surface area contributed by atoms with Crippen molar-refractivity contribution < 1.29 is 4.79 Å². The maximum absolute atomic E-state index is 12.1. The average molecular weight is 327 g/mol. The zero-order valence-electron chi connectivity index (χ0n) is 12.7. The summed E-state index contributed by atoms with van der Waals surface area (Å²) in [6.45, 7) is 1.06. The Kier molecular flexibility index (Phi) is 4.68. The number of thiophene rings is 1. The Bertz CT molecular complexity index is 737. The first-order chi connectivity index (χ1) is 11.2. The summed E-state index contributed by atoms with van der Waals surface area (Å²) in [7, 11) is 1.79. The molecule has 0 saturated carbocycles. The number of hydrogen-bond donors (Lipinski definition) is 1. The highest BCUT2D eigenvalue weighted by molar-refractivity contribution is 7.09. The number of amides is 2. The van der Waals surface area contributed by atoms with Gasteiger partial charge in [0.1, 0.15) is 0 Å². The van der Waals surface area contributed by atoms with Gasteiger partial charge in [0.15, 0.2) is 5.82 Å². The number of aromatic nitrogens is 3. The first-order valence-corrected chi connectivity index (χ1v) is 8.06. The maximum atomic E-state index is 12.1. The van der Waals surface area contributed by atoms with Crippen LogP contribution >= 0.6 is 11.3 Å². The molecule has 3 rings (SSSR count). The van der Waals surface area contributed by atoms with Crippen molar-refractivity contribution in [2.45, 2.75) is 13.1 Å². The topological polar surface area (TPSA) is 63.1 Å². The number of carbonyl (C=O) groups excluding carboxylic acids is 1. The monoisotopic (exact) mass is 327 g/mol. The van der Waals surface area contributed by atoms with Crippen LogP contribution in [0.15, 0.2) is 54.3 Å². The highest BCUT2D eigenvalue weighted by Crippen LogP contribution is 2.11. The molecule has 3 heterocycles. The van der Waals surface area contributed by atoms with Gasteiger partial charge in [0.05, 0.1) is 6.54 Å². The molecule has 0 aromatic carbocycles. The van der Waals surface area contributed by atoms with E-state index in [1.165, 1.54) is 0 Å². The second kappa shape index (κ2) is 7.06. The van der Waals surface area contributed by atoms with Gasteiger partial charge >= 0.3 is 6.03 Å². The summed E-state index contributed by atoms with van der Waals surface area (Å²) in [6, 6.07) is 9.56. The van der Waals surface area contributed by atoms with Crippen molar-refractivity contribution in [2.24, 2.45) is 0 Å². The molecule has 118 valence electrons. The molecule has 3 aromatic heterocycles. The minimum absolute atomic E-state index is 0.102. The normalized spacial score (nSPS) is 10.5. The van der Waals surface area contributed by atoms with Crippen LogP contribution in [0.25, 0.3) is 5.82 Å². The average Bonchev–Trinajstić information content (AvgIpc) is 3.26. The van der Waals surface area contributed by atoms with E-state index in [1.54, 1.807) is 40.4 Å². The zero-order valence-corrected chi connectivity index (χ0v) is 13.5. The standard InChI is InChI=1S/C16H17N5OS/c1-20(12-14-4-2-9-23-14)16(22)18-11-13-5-6-15(17-10-13)21-8-3-7-19-21/h2-10H,11-12H2,1H3,(H,18,22). The molecule has 1 N–H and O–H groups in total. The van der Waals surface area contributed by atoms with E-state index in [-0.39, 0.29) is 6.03 Å². The molecule has 3 aromatic rings. The summed E-state index contributed by atoms with van der Waals surface area (Å²) < 4.78 is 1.69. The molecule has 0 saturated heterocycles. The van der Waals surface area contributed by atoms with Crippen LogP contribution in [-0.4, -0.2) is 32.7 Å². The summed E-state index contributed by atoms with van der Waals surface area (Å²) in [5.74, 6) is 0.750. The van der Waals surface area contributed by atoms with Gasteiger partial charge in [0, 0.05) is 37.1 Å². The van der Waals surface area contributed by atoms with E-state index in [1.807, 2.05) is 41.9 Å². The Labute approximate surface area is 138 Å². The molecule has 7 heteroatoms. The van der Waals surface area contributed by atoms with E-state index in [0.29, 0.717) is 13.1 Å². The molecule has 0 spiro atoms. The number of hydrogen-bond acceptors (Lipinski definition) is 4. The lowest BCUT2D eigenvalue weighted by Gasteiger charge is -2.17. The van der Waals surface area contributed by atoms with Crippen molar-refractivity contribution >= 4 is 17.4 Å². The SMILES string of the molecule is CN(Cc1cccs1)C(=O)NCc1ccc(-n2cccn2)nc1. The van der Waals surface area contributed by atoms with Crippen molar-refractivity contribution in [1.82, 2.24) is 25.0 Å². The summed E-state index contributed by atoms with van der Waals surface area (Å²) in [6.07, 6.45) is 5.29. The second-order valence-corrected chi connectivity index (χ2v) is 6.10. The first kappa shape index (κ1) is 15.2. The predicted octanol–water partition coefficient (Wildman–Crippen LogP) is 2.67. The third-order valence-corrected chi connectivity index (χ3v) is 4.17. The van der Waals surface area contributed by atoms with Gasteiger partial charge in [-0.3, -0.25) is 0 Å². The summed E-state index contributed by atoms with van der Waals surface area (Å²) in [5, 5.41) is 9.03. The van der Waals surface area contributed by atoms with E-state index in [4.69, 9.17) is 0 Å². The number of nitrogens with one attached hydrogen (secondary N) is 1. The molecule has 0 aliphatic heterocycles. The summed E-state index contributed by atoms with van der Waals surface area (Å²) in [4.78, 5) is 19.2. The molecule has 0 unspecified atom stereocenters. The van der Waals surface area contributed by atoms with Crippen molar-refractivity contribution in [1.29, 1.82) is 0 Å². The van der Waals surface area contributed by atoms with Crippen molar-refractivity contribution in [3.05, 3.63) is 64.7 Å². The molecule has 6 nitrogen and oxygen atoms in total. The Morgan fingerprint density at radius 1 is 1.35 bits per heavy atom. The van der Waals surface area contributed by atoms with E-state index < -0.39 is 0 Å². The molecular weight excluding hydrogens is 310 g/mol. The molecular formula is C16H17N5OS. The predicted molar refractivity (Wildman–Crippen MR) is 89.4 cm³/mol. The quantitative estimate of drug-likeness (QED) is 0.783. The molecule has 0 aliphatic carbocycles. The smallest absolute Gasteiger partial charge is 0.317 e. The van der Waals surface area contributed by atoms with Gasteiger partial charge in [-0.05, 0) is 29.1 Å². The number of urea groups is 1. The lowest BCUT2D eigenvalue weighted by Crippen LogP contribution is -2.36. The van der Waals surface area contributed by atoms with Gasteiger partial charge in [-0.15, -0.1) is 11.3 Å². The molecule has 0 fully saturated rings. The van der Waals surface area contributed by atoms with Crippen LogP contribution in [-0.2, 0) is 13.1 Å². The minimum Gasteiger partial charge on any atom is -0.334 e. The van der Waals surface area contributed by atoms with Crippen LogP contribution < -0.4 is 5.32 Å². The van der Waals surface area contributed by atoms with Crippen molar-refractivity contribution in [3.63, 3.8) is 0 Å². The fourth-order valence-electron chi connectivity index (χ4n) is 2.08. The molecule has 0 bridgehead atoms. The Morgan fingerprint density at radius 3 is 2.91 bits per heavy atom. The first-order valence-electron chi connectivity index (χ1n) is 7.18. The number of pyridine rings is 1. The molecule has 0 aliphatic rings. The summed E-state index contributed by atoms with van der Waals surface area (Å²) in [5.41, 5.74) is 0.943. The van der Waals surface area contributed by atoms with Crippen molar-refractivity contribution in [2.75, 3.05) is 7.05 Å². The Morgan fingerprint density at radius 2 is 2.26 bits per heavy atom. The van der Waals surface area contributed by atoms with E-state index in [0.717, 1.165) is 16.3 Å². The zero-order chi connectivity index (χ0) is 16.1. The van der Waals surface area contributed by atoms with E-state index in [2.05, 4.69) is 15.4 Å². The largest absolute Gasteiger partial charge is 0.334 e. The third kappa shape index (κ3) is 3.95. The highest BCUT2D eigenvalue weighted by atomic mass is 32.1. The minimum atomic E-state index is -0.102. The van der Waals surface area contributed by atoms with Gasteiger partial charge in [-0.1, -0.05) is 12.1 Å². The number of rotatable bonds is 5. The van der Waals surface area contributed by atoms with Crippen LogP contribution in [0.4, 0.5) is 4.79 Å². The van der Waals surface area contributed by atoms with Crippen LogP contribution in [0.2, 0.25) is 0 Å². The molecule has 2 amide bonds. The second-order valence-electron chi connectivity index (χ2n) is 5.07. The van der Waals surface area contributed by atoms with Crippen LogP contribution in [0.5, 0.6) is 0 Å². The fourth-order valence-corrected chi connectivity index (χ4v) is 2.84. The molecule has 23 heavy (non-hydrogen) atoms. The fraction of sp³-hybridized carbons (Fsp3) is 0.188. The lowest BCUT2D eigenvalue weighted by molar-refractivity contribution is 0.207. The van der Waals surface area contributed by atoms with Gasteiger partial charge in [-0.2, -0.15) is 5.10 Å². The number of nitrogens with zero attached hydrogens (tertiary/aromatic N) is 4. The van der Waals surface area contributed by atoms with Gasteiger partial charge in [0.2, 0.25) is 0 Å². The molecule has 0 atom stereocenters. The maximum Gasteiger partial charge on any atom is 0.317 e.